The van der Waals surface area contributed by atoms with E-state index in [4.69, 9.17) is 23.7 Å². The summed E-state index contributed by atoms with van der Waals surface area (Å²) in [5.74, 6) is -4.03. The molecule has 6 atom stereocenters. The molecule has 0 aliphatic heterocycles. The van der Waals surface area contributed by atoms with Crippen LogP contribution in [0.25, 0.3) is 0 Å². The minimum atomic E-state index is -1.48. The van der Waals surface area contributed by atoms with Crippen LogP contribution in [0.15, 0.2) is 0 Å². The summed E-state index contributed by atoms with van der Waals surface area (Å²) in [4.78, 5) is 70.5. The zero-order valence-corrected chi connectivity index (χ0v) is 18.2. The largest absolute Gasteiger partial charge is 0.457 e. The van der Waals surface area contributed by atoms with Gasteiger partial charge in [-0.3, -0.25) is 28.8 Å². The third kappa shape index (κ3) is 7.32. The monoisotopic (exact) mass is 448 g/mol. The van der Waals surface area contributed by atoms with Crippen molar-refractivity contribution in [3.05, 3.63) is 0 Å². The Hall–Kier alpha value is -2.63. The molecule has 0 N–H and O–H groups in total. The molecule has 1 saturated carbocycles. The first-order valence-corrected chi connectivity index (χ1v) is 9.74. The molecule has 30 heavy (non-hydrogen) atoms. The summed E-state index contributed by atoms with van der Waals surface area (Å²) in [6.07, 6.45) is -7.08. The van der Waals surface area contributed by atoms with Gasteiger partial charge >= 0.3 is 29.8 Å². The minimum absolute atomic E-state index is 0.441. The van der Waals surface area contributed by atoms with Gasteiger partial charge in [-0.2, -0.15) is 0 Å². The first-order chi connectivity index (χ1) is 13.8. The van der Waals surface area contributed by atoms with Crippen LogP contribution in [0.3, 0.4) is 0 Å². The molecule has 1 rings (SSSR count). The van der Waals surface area contributed by atoms with Crippen LogP contribution in [-0.2, 0) is 52.5 Å². The smallest absolute Gasteiger partial charge is 0.303 e. The average molecular weight is 448 g/mol. The lowest BCUT2D eigenvalue weighted by Crippen LogP contribution is -2.67. The van der Waals surface area contributed by atoms with Crippen molar-refractivity contribution in [3.8, 4) is 0 Å². The maximum Gasteiger partial charge on any atom is 0.303 e. The first-order valence-electron chi connectivity index (χ1n) is 8.86. The van der Waals surface area contributed by atoms with Crippen LogP contribution in [0.2, 0.25) is 0 Å². The van der Waals surface area contributed by atoms with Gasteiger partial charge in [0.1, 0.15) is 0 Å². The predicted octanol–water partition coefficient (Wildman–Crippen LogP) is 0.307. The quantitative estimate of drug-likeness (QED) is 0.406. The molecule has 0 aromatic carbocycles. The fourth-order valence-corrected chi connectivity index (χ4v) is 4.15. The van der Waals surface area contributed by atoms with Crippen molar-refractivity contribution in [2.75, 3.05) is 0 Å². The lowest BCUT2D eigenvalue weighted by atomic mass is 9.85. The van der Waals surface area contributed by atoms with Crippen LogP contribution in [0.5, 0.6) is 0 Å². The standard InChI is InChI=1S/C18H24O11S/c1-7(19)25-13-14(26-8(2)20)16(28-10(4)22)18(30-12(6)24)17(29-11(5)23)15(13)27-9(3)21/h13-18H,1-6H3/t13?,14-,15+,16-,17-,18?/m0/s1. The van der Waals surface area contributed by atoms with E-state index in [9.17, 15) is 28.8 Å². The SMILES string of the molecule is CC(=O)OC1[C@@H](OC(C)=O)[C@H](OC(C)=O)C(SC(C)=O)[C@@H](OC(C)=O)[C@H]1OC(C)=O. The lowest BCUT2D eigenvalue weighted by Gasteiger charge is -2.47. The molecule has 0 aromatic rings. The number of ether oxygens (including phenoxy) is 5. The van der Waals surface area contributed by atoms with Crippen molar-refractivity contribution in [2.45, 2.75) is 77.3 Å². The molecule has 1 fully saturated rings. The molecule has 0 amide bonds. The number of thioether (sulfide) groups is 1. The summed E-state index contributed by atoms with van der Waals surface area (Å²) < 4.78 is 26.3. The molecule has 12 heteroatoms. The van der Waals surface area contributed by atoms with E-state index in [-0.39, 0.29) is 0 Å². The molecule has 0 spiro atoms. The summed E-state index contributed by atoms with van der Waals surface area (Å²) >= 11 is 0.642. The van der Waals surface area contributed by atoms with Gasteiger partial charge in [0.25, 0.3) is 0 Å². The van der Waals surface area contributed by atoms with E-state index in [1.807, 2.05) is 0 Å². The summed E-state index contributed by atoms with van der Waals surface area (Å²) in [6, 6.07) is 0. The average Bonchev–Trinajstić information content (AvgIpc) is 2.55. The van der Waals surface area contributed by atoms with Gasteiger partial charge in [-0.05, 0) is 0 Å². The van der Waals surface area contributed by atoms with Gasteiger partial charge in [-0.25, -0.2) is 0 Å². The second-order valence-electron chi connectivity index (χ2n) is 6.44. The molecule has 0 bridgehead atoms. The number of carbonyl (C=O) groups is 6. The molecule has 2 unspecified atom stereocenters. The van der Waals surface area contributed by atoms with Crippen LogP contribution < -0.4 is 0 Å². The molecule has 1 aliphatic rings. The van der Waals surface area contributed by atoms with Crippen molar-refractivity contribution in [1.82, 2.24) is 0 Å². The van der Waals surface area contributed by atoms with Crippen LogP contribution in [-0.4, -0.2) is 70.7 Å². The third-order valence-corrected chi connectivity index (χ3v) is 4.90. The van der Waals surface area contributed by atoms with Crippen LogP contribution in [0.1, 0.15) is 41.5 Å². The van der Waals surface area contributed by atoms with Crippen molar-refractivity contribution in [1.29, 1.82) is 0 Å². The Morgan fingerprint density at radius 3 is 0.933 bits per heavy atom. The number of hydrogen-bond acceptors (Lipinski definition) is 12. The second kappa shape index (κ2) is 11.0. The van der Waals surface area contributed by atoms with Crippen LogP contribution in [0, 0.1) is 0 Å². The Labute approximate surface area is 177 Å². The number of rotatable bonds is 6. The molecular formula is C18H24O11S. The fourth-order valence-electron chi connectivity index (χ4n) is 3.08. The van der Waals surface area contributed by atoms with Gasteiger partial charge in [-0.1, -0.05) is 11.8 Å². The Bertz CT molecular complexity index is 552. The van der Waals surface area contributed by atoms with E-state index < -0.39 is 70.7 Å². The van der Waals surface area contributed by atoms with Crippen molar-refractivity contribution >= 4 is 46.7 Å². The first kappa shape index (κ1) is 25.4. The van der Waals surface area contributed by atoms with Gasteiger partial charge in [0.2, 0.25) is 0 Å². The molecule has 11 nitrogen and oxygen atoms in total. The molecule has 168 valence electrons. The zero-order valence-electron chi connectivity index (χ0n) is 17.4. The predicted molar refractivity (Wildman–Crippen MR) is 99.8 cm³/mol. The highest BCUT2D eigenvalue weighted by molar-refractivity contribution is 8.14. The molecular weight excluding hydrogens is 424 g/mol. The molecule has 0 saturated heterocycles. The van der Waals surface area contributed by atoms with Gasteiger partial charge < -0.3 is 23.7 Å². The van der Waals surface area contributed by atoms with Gasteiger partial charge in [0.15, 0.2) is 35.6 Å². The van der Waals surface area contributed by atoms with Gasteiger partial charge in [0, 0.05) is 41.5 Å². The molecule has 0 heterocycles. The number of esters is 5. The fraction of sp³-hybridized carbons (Fsp3) is 0.667. The Morgan fingerprint density at radius 1 is 0.467 bits per heavy atom. The topological polar surface area (TPSA) is 149 Å². The molecule has 1 aliphatic carbocycles. The van der Waals surface area contributed by atoms with Crippen molar-refractivity contribution in [2.24, 2.45) is 0 Å². The van der Waals surface area contributed by atoms with Crippen molar-refractivity contribution in [3.63, 3.8) is 0 Å². The Balaban J connectivity index is 3.66. The number of hydrogen-bond donors (Lipinski definition) is 0. The van der Waals surface area contributed by atoms with Crippen molar-refractivity contribution < 1.29 is 52.5 Å². The minimum Gasteiger partial charge on any atom is -0.457 e. The van der Waals surface area contributed by atoms with Crippen LogP contribution >= 0.6 is 11.8 Å². The zero-order chi connectivity index (χ0) is 23.2. The van der Waals surface area contributed by atoms with Gasteiger partial charge in [0.05, 0.1) is 5.25 Å². The summed E-state index contributed by atoms with van der Waals surface area (Å²) in [7, 11) is 0. The highest BCUT2D eigenvalue weighted by Crippen LogP contribution is 2.38. The summed E-state index contributed by atoms with van der Waals surface area (Å²) in [5.41, 5.74) is 0. The third-order valence-electron chi connectivity index (χ3n) is 3.76. The Morgan fingerprint density at radius 2 is 0.700 bits per heavy atom. The molecule has 0 radical (unpaired) electrons. The summed E-state index contributed by atoms with van der Waals surface area (Å²) in [5, 5.41) is -1.57. The number of carbonyl (C=O) groups excluding carboxylic acids is 6. The highest BCUT2D eigenvalue weighted by Gasteiger charge is 2.59. The maximum atomic E-state index is 11.9. The summed E-state index contributed by atoms with van der Waals surface area (Å²) in [6.45, 7) is 6.59. The van der Waals surface area contributed by atoms with Crippen LogP contribution in [0.4, 0.5) is 0 Å². The highest BCUT2D eigenvalue weighted by atomic mass is 32.2. The van der Waals surface area contributed by atoms with E-state index in [2.05, 4.69) is 0 Å². The van der Waals surface area contributed by atoms with E-state index >= 15 is 0 Å². The Kier molecular flexibility index (Phi) is 9.27. The second-order valence-corrected chi connectivity index (χ2v) is 7.80. The lowest BCUT2D eigenvalue weighted by molar-refractivity contribution is -0.228. The van der Waals surface area contributed by atoms with Gasteiger partial charge in [-0.15, -0.1) is 0 Å². The van der Waals surface area contributed by atoms with E-state index in [0.717, 1.165) is 34.6 Å². The van der Waals surface area contributed by atoms with E-state index in [1.165, 1.54) is 6.92 Å². The molecule has 0 aromatic heterocycles. The normalized spacial score (nSPS) is 27.9. The van der Waals surface area contributed by atoms with E-state index in [1.54, 1.807) is 0 Å². The maximum absolute atomic E-state index is 11.9. The van der Waals surface area contributed by atoms with E-state index in [0.29, 0.717) is 11.8 Å².